The molecule has 0 fully saturated rings. The van der Waals surface area contributed by atoms with Gasteiger partial charge >= 0.3 is 0 Å². The molecule has 1 heterocycles. The highest BCUT2D eigenvalue weighted by Crippen LogP contribution is 2.38. The number of hydrogen-bond donors (Lipinski definition) is 0. The Morgan fingerprint density at radius 1 is 1.18 bits per heavy atom. The van der Waals surface area contributed by atoms with Crippen LogP contribution in [0, 0.1) is 0 Å². The van der Waals surface area contributed by atoms with Crippen LogP contribution < -0.4 is 0 Å². The first-order valence-corrected chi connectivity index (χ1v) is 4.11. The number of carbonyl (C=O) groups is 1. The smallest absolute Gasteiger partial charge is 0.224 e. The van der Waals surface area contributed by atoms with Crippen molar-refractivity contribution in [3.8, 4) is 0 Å². The summed E-state index contributed by atoms with van der Waals surface area (Å²) in [4.78, 5) is 12.0. The second-order valence-electron chi connectivity index (χ2n) is 2.36. The van der Waals surface area contributed by atoms with Crippen molar-refractivity contribution in [3.05, 3.63) is 42.0 Å². The highest BCUT2D eigenvalue weighted by atomic mass is 32.2. The fraction of sp³-hybridized carbons (Fsp3) is 0. The van der Waals surface area contributed by atoms with Gasteiger partial charge in [0.05, 0.1) is 0 Å². The average molecular weight is 162 g/mol. The van der Waals surface area contributed by atoms with Crippen molar-refractivity contribution in [2.45, 2.75) is 0 Å². The number of hydrogen-bond acceptors (Lipinski definition) is 2. The molecule has 0 unspecified atom stereocenters. The highest BCUT2D eigenvalue weighted by Gasteiger charge is 2.22. The Morgan fingerprint density at radius 2 is 1.82 bits per heavy atom. The summed E-state index contributed by atoms with van der Waals surface area (Å²) >= 11 is 1.22. The summed E-state index contributed by atoms with van der Waals surface area (Å²) in [6.07, 6.45) is 0. The first-order valence-electron chi connectivity index (χ1n) is 3.29. The predicted octanol–water partition coefficient (Wildman–Crippen LogP) is 2.54. The summed E-state index contributed by atoms with van der Waals surface area (Å²) in [7, 11) is 0. The molecule has 0 bridgehead atoms. The lowest BCUT2D eigenvalue weighted by Crippen LogP contribution is -1.85. The summed E-state index contributed by atoms with van der Waals surface area (Å²) in [5.74, 6) is 0. The zero-order chi connectivity index (χ0) is 7.84. The summed E-state index contributed by atoms with van der Waals surface area (Å²) in [5.41, 5.74) is 1.78. The quantitative estimate of drug-likeness (QED) is 0.583. The molecule has 0 atom stereocenters. The Labute approximate surface area is 69.1 Å². The van der Waals surface area contributed by atoms with E-state index in [2.05, 4.69) is 6.58 Å². The molecule has 2 rings (SSSR count). The van der Waals surface area contributed by atoms with Crippen molar-refractivity contribution in [2.24, 2.45) is 0 Å². The van der Waals surface area contributed by atoms with E-state index in [0.717, 1.165) is 16.0 Å². The minimum absolute atomic E-state index is 0.116. The molecule has 1 aliphatic heterocycles. The van der Waals surface area contributed by atoms with Crippen molar-refractivity contribution < 1.29 is 4.79 Å². The topological polar surface area (TPSA) is 17.1 Å². The molecule has 0 saturated heterocycles. The van der Waals surface area contributed by atoms with E-state index in [1.54, 1.807) is 0 Å². The van der Waals surface area contributed by atoms with Crippen LogP contribution in [0.25, 0.3) is 4.91 Å². The summed E-state index contributed by atoms with van der Waals surface area (Å²) in [6, 6.07) is 7.55. The summed E-state index contributed by atoms with van der Waals surface area (Å²) < 4.78 is 0. The maximum absolute atomic E-state index is 11.2. The molecule has 0 aromatic heterocycles. The van der Waals surface area contributed by atoms with Crippen LogP contribution in [0.15, 0.2) is 30.8 Å². The zero-order valence-electron chi connectivity index (χ0n) is 5.83. The normalized spacial score (nSPS) is 15.3. The zero-order valence-corrected chi connectivity index (χ0v) is 6.65. The fourth-order valence-corrected chi connectivity index (χ4v) is 1.93. The lowest BCUT2D eigenvalue weighted by molar-refractivity contribution is 0.109. The van der Waals surface area contributed by atoms with E-state index in [0.29, 0.717) is 0 Å². The van der Waals surface area contributed by atoms with Gasteiger partial charge in [0.1, 0.15) is 0 Å². The van der Waals surface area contributed by atoms with E-state index < -0.39 is 0 Å². The van der Waals surface area contributed by atoms with Gasteiger partial charge in [-0.15, -0.1) is 0 Å². The molecule has 1 aromatic rings. The molecule has 1 aliphatic rings. The Balaban J connectivity index is 2.69. The van der Waals surface area contributed by atoms with Crippen LogP contribution in [-0.2, 0) is 0 Å². The van der Waals surface area contributed by atoms with Crippen molar-refractivity contribution in [3.63, 3.8) is 0 Å². The van der Waals surface area contributed by atoms with Gasteiger partial charge in [-0.05, 0) is 23.4 Å². The van der Waals surface area contributed by atoms with E-state index in [1.807, 2.05) is 24.3 Å². The van der Waals surface area contributed by atoms with E-state index in [9.17, 15) is 4.79 Å². The molecule has 54 valence electrons. The van der Waals surface area contributed by atoms with Gasteiger partial charge in [0.25, 0.3) is 0 Å². The number of benzene rings is 1. The van der Waals surface area contributed by atoms with E-state index >= 15 is 0 Å². The maximum Gasteiger partial charge on any atom is 0.224 e. The van der Waals surface area contributed by atoms with Crippen molar-refractivity contribution in [1.29, 1.82) is 0 Å². The lowest BCUT2D eigenvalue weighted by Gasteiger charge is -1.92. The molecule has 0 aliphatic carbocycles. The standard InChI is InChI=1S/C9H6OS/c1-6-7-4-2-3-5-8(7)9(10)11-6/h2-5H,1H2. The molecule has 0 saturated carbocycles. The third-order valence-corrected chi connectivity index (χ3v) is 2.53. The van der Waals surface area contributed by atoms with Gasteiger partial charge in [-0.3, -0.25) is 4.79 Å². The molecule has 0 spiro atoms. The Bertz CT molecular complexity index is 308. The number of rotatable bonds is 0. The second kappa shape index (κ2) is 2.24. The fourth-order valence-electron chi connectivity index (χ4n) is 1.13. The first-order chi connectivity index (χ1) is 5.29. The van der Waals surface area contributed by atoms with Gasteiger partial charge < -0.3 is 0 Å². The van der Waals surface area contributed by atoms with Gasteiger partial charge in [-0.25, -0.2) is 0 Å². The predicted molar refractivity (Wildman–Crippen MR) is 47.4 cm³/mol. The molecule has 2 heteroatoms. The highest BCUT2D eigenvalue weighted by molar-refractivity contribution is 8.22. The molecule has 0 N–H and O–H groups in total. The van der Waals surface area contributed by atoms with Gasteiger partial charge in [0, 0.05) is 10.5 Å². The molecule has 1 aromatic carbocycles. The van der Waals surface area contributed by atoms with E-state index in [4.69, 9.17) is 0 Å². The number of thioether (sulfide) groups is 1. The molecule has 0 radical (unpaired) electrons. The van der Waals surface area contributed by atoms with Gasteiger partial charge in [0.2, 0.25) is 5.12 Å². The summed E-state index contributed by atoms with van der Waals surface area (Å²) in [6.45, 7) is 3.79. The van der Waals surface area contributed by atoms with Crippen molar-refractivity contribution in [2.75, 3.05) is 0 Å². The average Bonchev–Trinajstić information content (AvgIpc) is 2.30. The molecule has 11 heavy (non-hydrogen) atoms. The van der Waals surface area contributed by atoms with Gasteiger partial charge in [0.15, 0.2) is 0 Å². The van der Waals surface area contributed by atoms with Crippen LogP contribution in [0.3, 0.4) is 0 Å². The SMILES string of the molecule is C=C1SC(=O)c2ccccc21. The van der Waals surface area contributed by atoms with Crippen LogP contribution in [0.2, 0.25) is 0 Å². The van der Waals surface area contributed by atoms with Crippen LogP contribution in [-0.4, -0.2) is 5.12 Å². The molecule has 0 amide bonds. The van der Waals surface area contributed by atoms with Crippen molar-refractivity contribution >= 4 is 21.8 Å². The lowest BCUT2D eigenvalue weighted by atomic mass is 10.1. The monoisotopic (exact) mass is 162 g/mol. The van der Waals surface area contributed by atoms with Gasteiger partial charge in [-0.2, -0.15) is 0 Å². The third-order valence-electron chi connectivity index (χ3n) is 1.66. The molecule has 1 nitrogen and oxygen atoms in total. The van der Waals surface area contributed by atoms with Crippen LogP contribution in [0.5, 0.6) is 0 Å². The van der Waals surface area contributed by atoms with E-state index in [-0.39, 0.29) is 5.12 Å². The molecular weight excluding hydrogens is 156 g/mol. The maximum atomic E-state index is 11.2. The van der Waals surface area contributed by atoms with E-state index in [1.165, 1.54) is 11.8 Å². The third kappa shape index (κ3) is 0.906. The Morgan fingerprint density at radius 3 is 2.45 bits per heavy atom. The molecular formula is C9H6OS. The van der Waals surface area contributed by atoms with Gasteiger partial charge in [-0.1, -0.05) is 24.8 Å². The van der Waals surface area contributed by atoms with Crippen LogP contribution in [0.1, 0.15) is 15.9 Å². The Hall–Kier alpha value is -1.02. The number of carbonyl (C=O) groups excluding carboxylic acids is 1. The largest absolute Gasteiger partial charge is 0.281 e. The minimum Gasteiger partial charge on any atom is -0.281 e. The summed E-state index contributed by atoms with van der Waals surface area (Å²) in [5, 5.41) is 0.116. The Kier molecular flexibility index (Phi) is 1.36. The van der Waals surface area contributed by atoms with Crippen molar-refractivity contribution in [1.82, 2.24) is 0 Å². The van der Waals surface area contributed by atoms with Crippen LogP contribution in [0.4, 0.5) is 0 Å². The second-order valence-corrected chi connectivity index (χ2v) is 3.43. The van der Waals surface area contributed by atoms with Crippen LogP contribution >= 0.6 is 11.8 Å². The minimum atomic E-state index is 0.116. The first kappa shape index (κ1) is 6.68. The number of fused-ring (bicyclic) bond motifs is 1.